The summed E-state index contributed by atoms with van der Waals surface area (Å²) in [5, 5.41) is 11.5. The van der Waals surface area contributed by atoms with Gasteiger partial charge < -0.3 is 9.47 Å². The fourth-order valence-corrected chi connectivity index (χ4v) is 3.56. The highest BCUT2D eigenvalue weighted by atomic mass is 32.1. The van der Waals surface area contributed by atoms with Crippen molar-refractivity contribution in [3.8, 4) is 22.9 Å². The molecule has 0 aliphatic heterocycles. The first-order valence-corrected chi connectivity index (χ1v) is 10.9. The average molecular weight is 499 g/mol. The molecule has 0 saturated heterocycles. The number of hydrogen-bond acceptors (Lipinski definition) is 5. The van der Waals surface area contributed by atoms with Crippen LogP contribution in [-0.4, -0.2) is 28.2 Å². The first-order chi connectivity index (χ1) is 16.7. The molecule has 4 aromatic rings. The van der Waals surface area contributed by atoms with Crippen LogP contribution in [0.2, 0.25) is 0 Å². The Balaban J connectivity index is 1.53. The minimum atomic E-state index is -4.41. The summed E-state index contributed by atoms with van der Waals surface area (Å²) >= 11 is 5.32. The molecule has 3 aromatic carbocycles. The van der Waals surface area contributed by atoms with Gasteiger partial charge in [0, 0.05) is 5.56 Å². The molecule has 0 bridgehead atoms. The van der Waals surface area contributed by atoms with Crippen molar-refractivity contribution >= 4 is 18.4 Å². The van der Waals surface area contributed by atoms with E-state index < -0.39 is 11.7 Å². The zero-order valence-corrected chi connectivity index (χ0v) is 19.7. The highest BCUT2D eigenvalue weighted by Crippen LogP contribution is 2.31. The first kappa shape index (κ1) is 24.2. The molecular weight excluding hydrogens is 477 g/mol. The molecule has 1 aromatic heterocycles. The van der Waals surface area contributed by atoms with Crippen LogP contribution in [0.15, 0.2) is 71.8 Å². The lowest BCUT2D eigenvalue weighted by molar-refractivity contribution is -0.137. The molecule has 0 amide bonds. The van der Waals surface area contributed by atoms with E-state index >= 15 is 0 Å². The van der Waals surface area contributed by atoms with E-state index in [0.29, 0.717) is 33.2 Å². The molecule has 6 nitrogen and oxygen atoms in total. The molecule has 1 heterocycles. The Hall–Kier alpha value is -3.92. The first-order valence-electron chi connectivity index (χ1n) is 10.5. The van der Waals surface area contributed by atoms with Crippen LogP contribution < -0.4 is 9.47 Å². The Kier molecular flexibility index (Phi) is 7.02. The number of alkyl halides is 3. The van der Waals surface area contributed by atoms with Crippen LogP contribution in [0, 0.1) is 11.7 Å². The van der Waals surface area contributed by atoms with Crippen LogP contribution in [-0.2, 0) is 12.8 Å². The molecule has 0 aliphatic rings. The Morgan fingerprint density at radius 3 is 2.60 bits per heavy atom. The Bertz CT molecular complexity index is 1430. The van der Waals surface area contributed by atoms with Crippen LogP contribution >= 0.6 is 12.2 Å². The molecule has 0 unspecified atom stereocenters. The average Bonchev–Trinajstić information content (AvgIpc) is 3.21. The normalized spacial score (nSPS) is 11.7. The van der Waals surface area contributed by atoms with E-state index in [1.54, 1.807) is 30.5 Å². The third-order valence-electron chi connectivity index (χ3n) is 5.09. The predicted octanol–water partition coefficient (Wildman–Crippen LogP) is 6.40. The minimum Gasteiger partial charge on any atom is -0.493 e. The SMILES string of the molecule is COc1cc(C=Nn2c(-c3cccc(C)c3)n[nH]c2=S)ccc1OCc1cccc(C(F)(F)F)c1. The summed E-state index contributed by atoms with van der Waals surface area (Å²) in [4.78, 5) is 0. The van der Waals surface area contributed by atoms with Crippen molar-refractivity contribution in [2.24, 2.45) is 5.10 Å². The highest BCUT2D eigenvalue weighted by molar-refractivity contribution is 7.71. The van der Waals surface area contributed by atoms with E-state index in [0.717, 1.165) is 23.3 Å². The van der Waals surface area contributed by atoms with Crippen molar-refractivity contribution in [2.45, 2.75) is 19.7 Å². The number of H-pyrrole nitrogens is 1. The number of aromatic amines is 1. The number of halogens is 3. The lowest BCUT2D eigenvalue weighted by atomic mass is 10.1. The van der Waals surface area contributed by atoms with Gasteiger partial charge in [-0.15, -0.1) is 0 Å². The largest absolute Gasteiger partial charge is 0.493 e. The van der Waals surface area contributed by atoms with Crippen molar-refractivity contribution < 1.29 is 22.6 Å². The molecule has 35 heavy (non-hydrogen) atoms. The van der Waals surface area contributed by atoms with E-state index in [1.165, 1.54) is 17.9 Å². The summed E-state index contributed by atoms with van der Waals surface area (Å²) in [6.07, 6.45) is -2.81. The zero-order chi connectivity index (χ0) is 25.0. The number of nitrogens with zero attached hydrogens (tertiary/aromatic N) is 3. The second-order valence-corrected chi connectivity index (χ2v) is 8.06. The van der Waals surface area contributed by atoms with Crippen molar-refractivity contribution in [1.82, 2.24) is 14.9 Å². The third-order valence-corrected chi connectivity index (χ3v) is 5.35. The van der Waals surface area contributed by atoms with Crippen LogP contribution in [0.3, 0.4) is 0 Å². The number of hydrogen-bond donors (Lipinski definition) is 1. The Morgan fingerprint density at radius 2 is 1.86 bits per heavy atom. The lowest BCUT2D eigenvalue weighted by Crippen LogP contribution is -2.06. The van der Waals surface area contributed by atoms with Gasteiger partial charge >= 0.3 is 6.18 Å². The van der Waals surface area contributed by atoms with Crippen molar-refractivity contribution in [3.63, 3.8) is 0 Å². The molecule has 0 atom stereocenters. The quantitative estimate of drug-likeness (QED) is 0.236. The molecular formula is C25H21F3N4O2S. The molecule has 0 aliphatic carbocycles. The van der Waals surface area contributed by atoms with Gasteiger partial charge in [0.15, 0.2) is 17.3 Å². The maximum Gasteiger partial charge on any atom is 0.416 e. The molecule has 0 saturated carbocycles. The number of aromatic nitrogens is 3. The molecule has 1 N–H and O–H groups in total. The third kappa shape index (κ3) is 5.78. The van der Waals surface area contributed by atoms with E-state index in [-0.39, 0.29) is 6.61 Å². The van der Waals surface area contributed by atoms with Gasteiger partial charge in [0.1, 0.15) is 6.61 Å². The molecule has 10 heteroatoms. The van der Waals surface area contributed by atoms with Gasteiger partial charge in [-0.05, 0) is 66.7 Å². The fraction of sp³-hybridized carbons (Fsp3) is 0.160. The lowest BCUT2D eigenvalue weighted by Gasteiger charge is -2.13. The topological polar surface area (TPSA) is 64.4 Å². The second kappa shape index (κ2) is 10.1. The number of rotatable bonds is 7. The monoisotopic (exact) mass is 498 g/mol. The highest BCUT2D eigenvalue weighted by Gasteiger charge is 2.30. The van der Waals surface area contributed by atoms with Crippen LogP contribution in [0.25, 0.3) is 11.4 Å². The second-order valence-electron chi connectivity index (χ2n) is 7.68. The molecule has 180 valence electrons. The molecule has 4 rings (SSSR count). The Labute approximate surface area is 204 Å². The summed E-state index contributed by atoms with van der Waals surface area (Å²) in [6.45, 7) is 1.94. The fourth-order valence-electron chi connectivity index (χ4n) is 3.38. The number of methoxy groups -OCH3 is 1. The summed E-state index contributed by atoms with van der Waals surface area (Å²) < 4.78 is 51.8. The van der Waals surface area contributed by atoms with Gasteiger partial charge in [-0.3, -0.25) is 0 Å². The predicted molar refractivity (Wildman–Crippen MR) is 129 cm³/mol. The summed E-state index contributed by atoms with van der Waals surface area (Å²) in [7, 11) is 1.48. The van der Waals surface area contributed by atoms with Crippen LogP contribution in [0.5, 0.6) is 11.5 Å². The minimum absolute atomic E-state index is 0.0439. The molecule has 0 fully saturated rings. The maximum atomic E-state index is 12.9. The summed E-state index contributed by atoms with van der Waals surface area (Å²) in [5.41, 5.74) is 2.32. The number of aryl methyl sites for hydroxylation is 1. The number of nitrogens with one attached hydrogen (secondary N) is 1. The number of ether oxygens (including phenoxy) is 2. The summed E-state index contributed by atoms with van der Waals surface area (Å²) in [6, 6.07) is 18.0. The van der Waals surface area contributed by atoms with Crippen molar-refractivity contribution in [3.05, 3.63) is 93.8 Å². The van der Waals surface area contributed by atoms with Crippen LogP contribution in [0.4, 0.5) is 13.2 Å². The van der Waals surface area contributed by atoms with Gasteiger partial charge in [0.05, 0.1) is 18.9 Å². The van der Waals surface area contributed by atoms with Gasteiger partial charge in [0.2, 0.25) is 4.77 Å². The zero-order valence-electron chi connectivity index (χ0n) is 18.8. The van der Waals surface area contributed by atoms with Gasteiger partial charge in [-0.2, -0.15) is 28.0 Å². The maximum absolute atomic E-state index is 12.9. The van der Waals surface area contributed by atoms with Crippen molar-refractivity contribution in [2.75, 3.05) is 7.11 Å². The number of benzene rings is 3. The standard InChI is InChI=1S/C25H21F3N4O2S/c1-16-5-3-7-19(11-16)23-30-31-24(35)32(23)29-14-17-9-10-21(22(13-17)33-2)34-15-18-6-4-8-20(12-18)25(26,27)28/h3-14H,15H2,1-2H3,(H,31,35). The van der Waals surface area contributed by atoms with E-state index in [4.69, 9.17) is 21.7 Å². The van der Waals surface area contributed by atoms with Crippen molar-refractivity contribution in [1.29, 1.82) is 0 Å². The van der Waals surface area contributed by atoms with Gasteiger partial charge in [0.25, 0.3) is 0 Å². The molecule has 0 spiro atoms. The van der Waals surface area contributed by atoms with E-state index in [2.05, 4.69) is 15.3 Å². The molecule has 0 radical (unpaired) electrons. The van der Waals surface area contributed by atoms with E-state index in [1.807, 2.05) is 31.2 Å². The Morgan fingerprint density at radius 1 is 1.06 bits per heavy atom. The summed E-state index contributed by atoms with van der Waals surface area (Å²) in [5.74, 6) is 1.38. The van der Waals surface area contributed by atoms with E-state index in [9.17, 15) is 13.2 Å². The van der Waals surface area contributed by atoms with Gasteiger partial charge in [-0.1, -0.05) is 35.9 Å². The smallest absolute Gasteiger partial charge is 0.416 e. The van der Waals surface area contributed by atoms with Crippen LogP contribution in [0.1, 0.15) is 22.3 Å². The van der Waals surface area contributed by atoms with Gasteiger partial charge in [-0.25, -0.2) is 5.10 Å².